The monoisotopic (exact) mass is 256 g/mol. The van der Waals surface area contributed by atoms with Crippen LogP contribution in [0.25, 0.3) is 6.08 Å². The fourth-order valence-corrected chi connectivity index (χ4v) is 1.23. The lowest BCUT2D eigenvalue weighted by molar-refractivity contribution is -0.131. The Bertz CT molecular complexity index is 570. The van der Waals surface area contributed by atoms with Crippen molar-refractivity contribution in [1.82, 2.24) is 9.55 Å². The molecule has 1 heterocycles. The van der Waals surface area contributed by atoms with E-state index in [-0.39, 0.29) is 12.1 Å². The molecule has 4 N–H and O–H groups in total. The molecule has 1 aromatic heterocycles. The summed E-state index contributed by atoms with van der Waals surface area (Å²) in [6.45, 7) is -0.744. The molecule has 0 spiro atoms. The molecule has 8 heteroatoms. The predicted octanol–water partition coefficient (Wildman–Crippen LogP) is -2.01. The number of carboxylic acid groups (broad SMARTS) is 1. The quantitative estimate of drug-likeness (QED) is 0.450. The van der Waals surface area contributed by atoms with Crippen LogP contribution in [0.4, 0.5) is 0 Å². The average molecular weight is 256 g/mol. The Morgan fingerprint density at radius 3 is 2.72 bits per heavy atom. The van der Waals surface area contributed by atoms with Crippen molar-refractivity contribution in [2.45, 2.75) is 12.6 Å². The van der Waals surface area contributed by atoms with Gasteiger partial charge in [0.2, 0.25) is 0 Å². The Kier molecular flexibility index (Phi) is 4.58. The Labute approximate surface area is 100 Å². The highest BCUT2D eigenvalue weighted by Crippen LogP contribution is 1.94. The lowest BCUT2D eigenvalue weighted by Crippen LogP contribution is -2.34. The molecule has 0 fully saturated rings. The number of aromatic nitrogens is 2. The second kappa shape index (κ2) is 5.94. The fourth-order valence-electron chi connectivity index (χ4n) is 1.23. The van der Waals surface area contributed by atoms with Crippen LogP contribution < -0.4 is 11.2 Å². The summed E-state index contributed by atoms with van der Waals surface area (Å²) in [5, 5.41) is 26.3. The number of aliphatic hydroxyl groups excluding tert-OH is 2. The summed E-state index contributed by atoms with van der Waals surface area (Å²) in [4.78, 5) is 35.0. The summed E-state index contributed by atoms with van der Waals surface area (Å²) in [5.41, 5.74) is -1.52. The molecule has 18 heavy (non-hydrogen) atoms. The second-order valence-corrected chi connectivity index (χ2v) is 3.50. The van der Waals surface area contributed by atoms with Crippen LogP contribution in [0.5, 0.6) is 0 Å². The van der Waals surface area contributed by atoms with Gasteiger partial charge in [-0.25, -0.2) is 9.59 Å². The van der Waals surface area contributed by atoms with Crippen LogP contribution in [0.15, 0.2) is 21.9 Å². The van der Waals surface area contributed by atoms with Gasteiger partial charge in [-0.3, -0.25) is 14.3 Å². The first-order chi connectivity index (χ1) is 8.43. The zero-order chi connectivity index (χ0) is 13.7. The Morgan fingerprint density at radius 1 is 1.50 bits per heavy atom. The lowest BCUT2D eigenvalue weighted by atomic mass is 10.3. The minimum absolute atomic E-state index is 0.0397. The molecular formula is C10H12N2O6. The van der Waals surface area contributed by atoms with Gasteiger partial charge in [0.15, 0.2) is 0 Å². The molecule has 0 aliphatic carbocycles. The average Bonchev–Trinajstić information content (AvgIpc) is 2.30. The highest BCUT2D eigenvalue weighted by molar-refractivity contribution is 5.85. The Balaban J connectivity index is 3.14. The maximum absolute atomic E-state index is 11.4. The van der Waals surface area contributed by atoms with Gasteiger partial charge in [-0.2, -0.15) is 0 Å². The van der Waals surface area contributed by atoms with Crippen molar-refractivity contribution in [3.8, 4) is 0 Å². The normalized spacial score (nSPS) is 12.8. The minimum Gasteiger partial charge on any atom is -0.478 e. The van der Waals surface area contributed by atoms with Crippen molar-refractivity contribution in [2.24, 2.45) is 0 Å². The molecule has 0 amide bonds. The van der Waals surface area contributed by atoms with E-state index in [1.165, 1.54) is 0 Å². The predicted molar refractivity (Wildman–Crippen MR) is 61.1 cm³/mol. The molecule has 0 bridgehead atoms. The van der Waals surface area contributed by atoms with Crippen molar-refractivity contribution in [2.75, 3.05) is 6.61 Å². The number of aliphatic carboxylic acids is 1. The van der Waals surface area contributed by atoms with Gasteiger partial charge in [0.05, 0.1) is 24.8 Å². The molecule has 1 atom stereocenters. The van der Waals surface area contributed by atoms with Crippen LogP contribution >= 0.6 is 0 Å². The van der Waals surface area contributed by atoms with Gasteiger partial charge < -0.3 is 15.3 Å². The van der Waals surface area contributed by atoms with Crippen LogP contribution in [0.3, 0.4) is 0 Å². The molecule has 0 aliphatic heterocycles. The SMILES string of the molecule is O=C(O)/C=C/c1cn(CC(O)CO)c(=O)[nH]c1=O. The molecule has 0 aliphatic rings. The smallest absolute Gasteiger partial charge is 0.328 e. The van der Waals surface area contributed by atoms with Gasteiger partial charge in [-0.1, -0.05) is 0 Å². The van der Waals surface area contributed by atoms with Gasteiger partial charge in [0.1, 0.15) is 0 Å². The van der Waals surface area contributed by atoms with Crippen LogP contribution in [-0.4, -0.2) is 43.6 Å². The molecule has 0 saturated carbocycles. The number of carbonyl (C=O) groups is 1. The van der Waals surface area contributed by atoms with Crippen LogP contribution in [0, 0.1) is 0 Å². The molecule has 1 aromatic rings. The number of hydrogen-bond acceptors (Lipinski definition) is 5. The van der Waals surface area contributed by atoms with E-state index in [4.69, 9.17) is 10.2 Å². The largest absolute Gasteiger partial charge is 0.478 e. The summed E-state index contributed by atoms with van der Waals surface area (Å²) >= 11 is 0. The maximum atomic E-state index is 11.4. The lowest BCUT2D eigenvalue weighted by Gasteiger charge is -2.09. The second-order valence-electron chi connectivity index (χ2n) is 3.50. The summed E-state index contributed by atoms with van der Waals surface area (Å²) in [7, 11) is 0. The van der Waals surface area contributed by atoms with Gasteiger partial charge >= 0.3 is 11.7 Å². The molecular weight excluding hydrogens is 244 g/mol. The summed E-state index contributed by atoms with van der Waals surface area (Å²) < 4.78 is 0.976. The highest BCUT2D eigenvalue weighted by atomic mass is 16.4. The molecule has 0 aromatic carbocycles. The van der Waals surface area contributed by atoms with Gasteiger partial charge in [-0.05, 0) is 6.08 Å². The third-order valence-electron chi connectivity index (χ3n) is 2.06. The molecule has 8 nitrogen and oxygen atoms in total. The molecule has 1 unspecified atom stereocenters. The zero-order valence-corrected chi connectivity index (χ0v) is 9.24. The van der Waals surface area contributed by atoms with Crippen LogP contribution in [-0.2, 0) is 11.3 Å². The molecule has 0 radical (unpaired) electrons. The topological polar surface area (TPSA) is 133 Å². The third kappa shape index (κ3) is 3.68. The van der Waals surface area contributed by atoms with Crippen molar-refractivity contribution in [1.29, 1.82) is 0 Å². The fraction of sp³-hybridized carbons (Fsp3) is 0.300. The summed E-state index contributed by atoms with van der Waals surface area (Å²) in [5.74, 6) is -1.23. The number of rotatable bonds is 5. The standard InChI is InChI=1S/C10H12N2O6/c13-5-7(14)4-12-3-6(1-2-8(15)16)9(17)11-10(12)18/h1-3,7,13-14H,4-5H2,(H,15,16)(H,11,17,18)/b2-1+. The highest BCUT2D eigenvalue weighted by Gasteiger charge is 2.07. The molecule has 1 rings (SSSR count). The number of H-pyrrole nitrogens is 1. The first-order valence-corrected chi connectivity index (χ1v) is 4.97. The third-order valence-corrected chi connectivity index (χ3v) is 2.06. The number of aliphatic hydroxyl groups is 2. The van der Waals surface area contributed by atoms with E-state index in [0.29, 0.717) is 0 Å². The van der Waals surface area contributed by atoms with Crippen molar-refractivity contribution in [3.63, 3.8) is 0 Å². The summed E-state index contributed by atoms with van der Waals surface area (Å²) in [6.07, 6.45) is 1.74. The molecule has 0 saturated heterocycles. The molecule has 98 valence electrons. The first kappa shape index (κ1) is 13.9. The number of nitrogens with one attached hydrogen (secondary N) is 1. The van der Waals surface area contributed by atoms with Gasteiger partial charge in [-0.15, -0.1) is 0 Å². The van der Waals surface area contributed by atoms with Crippen LogP contribution in [0.1, 0.15) is 5.56 Å². The van der Waals surface area contributed by atoms with E-state index in [9.17, 15) is 19.5 Å². The number of nitrogens with zero attached hydrogens (tertiary/aromatic N) is 1. The van der Waals surface area contributed by atoms with Crippen molar-refractivity contribution >= 4 is 12.0 Å². The van der Waals surface area contributed by atoms with Gasteiger partial charge in [0, 0.05) is 12.3 Å². The number of carboxylic acids is 1. The van der Waals surface area contributed by atoms with E-state index >= 15 is 0 Å². The van der Waals surface area contributed by atoms with E-state index in [2.05, 4.69) is 0 Å². The van der Waals surface area contributed by atoms with Crippen molar-refractivity contribution < 1.29 is 20.1 Å². The number of aromatic amines is 1. The minimum atomic E-state index is -1.23. The van der Waals surface area contributed by atoms with Gasteiger partial charge in [0.25, 0.3) is 5.56 Å². The van der Waals surface area contributed by atoms with E-state index < -0.39 is 29.9 Å². The number of hydrogen-bond donors (Lipinski definition) is 4. The zero-order valence-electron chi connectivity index (χ0n) is 9.24. The van der Waals surface area contributed by atoms with E-state index in [1.807, 2.05) is 4.98 Å². The van der Waals surface area contributed by atoms with E-state index in [0.717, 1.165) is 22.9 Å². The first-order valence-electron chi connectivity index (χ1n) is 4.97. The Hall–Kier alpha value is -2.19. The summed E-state index contributed by atoms with van der Waals surface area (Å²) in [6, 6.07) is 0. The Morgan fingerprint density at radius 2 is 2.17 bits per heavy atom. The van der Waals surface area contributed by atoms with E-state index in [1.54, 1.807) is 0 Å². The maximum Gasteiger partial charge on any atom is 0.328 e. The van der Waals surface area contributed by atoms with Crippen LogP contribution in [0.2, 0.25) is 0 Å². The van der Waals surface area contributed by atoms with Crippen molar-refractivity contribution in [3.05, 3.63) is 38.7 Å².